The summed E-state index contributed by atoms with van der Waals surface area (Å²) >= 11 is 7.40. The van der Waals surface area contributed by atoms with Gasteiger partial charge in [-0.2, -0.15) is 0 Å². The summed E-state index contributed by atoms with van der Waals surface area (Å²) in [5.41, 5.74) is 5.94. The predicted octanol–water partition coefficient (Wildman–Crippen LogP) is 9.81. The zero-order valence-corrected chi connectivity index (χ0v) is 20.7. The van der Waals surface area contributed by atoms with Gasteiger partial charge in [0.2, 0.25) is 0 Å². The van der Waals surface area contributed by atoms with Crippen LogP contribution in [0.5, 0.6) is 0 Å². The van der Waals surface area contributed by atoms with Crippen LogP contribution < -0.4 is 0 Å². The van der Waals surface area contributed by atoms with Gasteiger partial charge in [0.1, 0.15) is 0 Å². The zero-order chi connectivity index (χ0) is 20.0. The van der Waals surface area contributed by atoms with E-state index in [1.54, 1.807) is 0 Å². The monoisotopic (exact) mass is 504 g/mol. The van der Waals surface area contributed by atoms with Gasteiger partial charge >= 0.3 is 0 Å². The first-order valence-corrected chi connectivity index (χ1v) is 12.8. The Labute approximate surface area is 188 Å². The Morgan fingerprint density at radius 2 is 1.07 bits per heavy atom. The molecule has 0 amide bonds. The van der Waals surface area contributed by atoms with Crippen molar-refractivity contribution in [1.29, 1.82) is 0 Å². The summed E-state index contributed by atoms with van der Waals surface area (Å²) < 4.78 is 2.37. The van der Waals surface area contributed by atoms with E-state index in [0.29, 0.717) is 0 Å². The van der Waals surface area contributed by atoms with Gasteiger partial charge < -0.3 is 0 Å². The normalized spacial score (nSPS) is 14.1. The van der Waals surface area contributed by atoms with Crippen LogP contribution in [0, 0.1) is 0 Å². The number of unbranched alkanes of at least 4 members (excludes halogenated alkanes) is 9. The van der Waals surface area contributed by atoms with Gasteiger partial charge in [-0.05, 0) is 52.9 Å². The summed E-state index contributed by atoms with van der Waals surface area (Å²) in [5.74, 6) is 0. The number of fused-ring (bicyclic) bond motifs is 3. The number of halogens is 2. The van der Waals surface area contributed by atoms with Crippen molar-refractivity contribution in [3.05, 3.63) is 56.5 Å². The highest BCUT2D eigenvalue weighted by Gasteiger charge is 2.38. The molecular weight excluding hydrogens is 472 g/mol. The van der Waals surface area contributed by atoms with Gasteiger partial charge in [-0.25, -0.2) is 0 Å². The summed E-state index contributed by atoms with van der Waals surface area (Å²) in [7, 11) is 0. The molecule has 0 saturated carbocycles. The minimum atomic E-state index is 0.123. The zero-order valence-electron chi connectivity index (χ0n) is 17.5. The van der Waals surface area contributed by atoms with Crippen LogP contribution in [0.4, 0.5) is 0 Å². The molecular formula is C26H34Br2. The molecule has 0 aliphatic heterocycles. The second-order valence-electron chi connectivity index (χ2n) is 8.64. The van der Waals surface area contributed by atoms with E-state index in [4.69, 9.17) is 0 Å². The van der Waals surface area contributed by atoms with Crippen LogP contribution >= 0.6 is 31.9 Å². The molecule has 2 aromatic rings. The fourth-order valence-electron chi connectivity index (χ4n) is 4.80. The van der Waals surface area contributed by atoms with Crippen LogP contribution in [0.1, 0.15) is 95.6 Å². The number of rotatable bonds is 11. The van der Waals surface area contributed by atoms with Crippen LogP contribution in [0.15, 0.2) is 45.3 Å². The van der Waals surface area contributed by atoms with Crippen molar-refractivity contribution in [2.24, 2.45) is 0 Å². The fraction of sp³-hybridized carbons (Fsp3) is 0.538. The van der Waals surface area contributed by atoms with Crippen molar-refractivity contribution >= 4 is 31.9 Å². The molecule has 2 aromatic carbocycles. The molecule has 0 unspecified atom stereocenters. The van der Waals surface area contributed by atoms with E-state index in [1.165, 1.54) is 102 Å². The maximum Gasteiger partial charge on any atom is 0.0187 e. The molecule has 0 bridgehead atoms. The SMILES string of the molecule is CCCCCCCCCCCCC1(C)c2cc(Br)ccc2-c2ccc(Br)cc21. The van der Waals surface area contributed by atoms with Gasteiger partial charge in [-0.3, -0.25) is 0 Å². The lowest BCUT2D eigenvalue weighted by atomic mass is 9.76. The van der Waals surface area contributed by atoms with E-state index in [2.05, 4.69) is 82.1 Å². The lowest BCUT2D eigenvalue weighted by molar-refractivity contribution is 0.476. The minimum absolute atomic E-state index is 0.123. The second-order valence-corrected chi connectivity index (χ2v) is 10.5. The van der Waals surface area contributed by atoms with E-state index in [-0.39, 0.29) is 5.41 Å². The first kappa shape index (κ1) is 22.1. The quantitative estimate of drug-likeness (QED) is 0.266. The van der Waals surface area contributed by atoms with Crippen LogP contribution in [0.2, 0.25) is 0 Å². The second kappa shape index (κ2) is 10.4. The molecule has 2 heteroatoms. The van der Waals surface area contributed by atoms with Crippen LogP contribution in [0.3, 0.4) is 0 Å². The van der Waals surface area contributed by atoms with E-state index in [0.717, 1.165) is 0 Å². The molecule has 0 aromatic heterocycles. The van der Waals surface area contributed by atoms with Crippen molar-refractivity contribution < 1.29 is 0 Å². The van der Waals surface area contributed by atoms with Crippen LogP contribution in [-0.4, -0.2) is 0 Å². The molecule has 3 rings (SSSR count). The summed E-state index contributed by atoms with van der Waals surface area (Å²) in [6.45, 7) is 4.74. The first-order valence-electron chi connectivity index (χ1n) is 11.2. The van der Waals surface area contributed by atoms with Crippen molar-refractivity contribution in [3.63, 3.8) is 0 Å². The van der Waals surface area contributed by atoms with Crippen LogP contribution in [-0.2, 0) is 5.41 Å². The van der Waals surface area contributed by atoms with Crippen molar-refractivity contribution in [2.45, 2.75) is 89.9 Å². The van der Waals surface area contributed by atoms with Gasteiger partial charge in [0.25, 0.3) is 0 Å². The molecule has 1 aliphatic carbocycles. The van der Waals surface area contributed by atoms with E-state index >= 15 is 0 Å². The molecule has 152 valence electrons. The molecule has 0 N–H and O–H groups in total. The highest BCUT2D eigenvalue weighted by atomic mass is 79.9. The summed E-state index contributed by atoms with van der Waals surface area (Å²) in [5, 5.41) is 0. The Morgan fingerprint density at radius 1 is 0.643 bits per heavy atom. The summed E-state index contributed by atoms with van der Waals surface area (Å²) in [6, 6.07) is 13.6. The third kappa shape index (κ3) is 5.11. The Kier molecular flexibility index (Phi) is 8.23. The molecule has 0 radical (unpaired) electrons. The van der Waals surface area contributed by atoms with Gasteiger partial charge in [-0.1, -0.05) is 122 Å². The molecule has 0 spiro atoms. The molecule has 0 atom stereocenters. The maximum atomic E-state index is 3.70. The van der Waals surface area contributed by atoms with Crippen LogP contribution in [0.25, 0.3) is 11.1 Å². The van der Waals surface area contributed by atoms with Gasteiger partial charge in [0.15, 0.2) is 0 Å². The predicted molar refractivity (Wildman–Crippen MR) is 130 cm³/mol. The molecule has 1 aliphatic rings. The van der Waals surface area contributed by atoms with Gasteiger partial charge in [0.05, 0.1) is 0 Å². The summed E-state index contributed by atoms with van der Waals surface area (Å²) in [6.07, 6.45) is 15.2. The molecule has 0 fully saturated rings. The summed E-state index contributed by atoms with van der Waals surface area (Å²) in [4.78, 5) is 0. The Balaban J connectivity index is 1.56. The topological polar surface area (TPSA) is 0 Å². The smallest absolute Gasteiger partial charge is 0.0187 e. The number of hydrogen-bond donors (Lipinski definition) is 0. The van der Waals surface area contributed by atoms with E-state index < -0.39 is 0 Å². The lowest BCUT2D eigenvalue weighted by Crippen LogP contribution is -2.20. The molecule has 28 heavy (non-hydrogen) atoms. The third-order valence-electron chi connectivity index (χ3n) is 6.47. The highest BCUT2D eigenvalue weighted by molar-refractivity contribution is 9.10. The number of benzene rings is 2. The minimum Gasteiger partial charge on any atom is -0.0654 e. The Hall–Kier alpha value is -0.600. The van der Waals surface area contributed by atoms with Crippen molar-refractivity contribution in [3.8, 4) is 11.1 Å². The Morgan fingerprint density at radius 3 is 1.54 bits per heavy atom. The largest absolute Gasteiger partial charge is 0.0654 e. The average Bonchev–Trinajstić information content (AvgIpc) is 2.91. The average molecular weight is 506 g/mol. The lowest BCUT2D eigenvalue weighted by Gasteiger charge is -2.28. The third-order valence-corrected chi connectivity index (χ3v) is 7.46. The maximum absolute atomic E-state index is 3.70. The Bertz CT molecular complexity index is 726. The van der Waals surface area contributed by atoms with Gasteiger partial charge in [0, 0.05) is 14.4 Å². The van der Waals surface area contributed by atoms with Crippen molar-refractivity contribution in [2.75, 3.05) is 0 Å². The molecule has 0 nitrogen and oxygen atoms in total. The molecule has 0 heterocycles. The van der Waals surface area contributed by atoms with Crippen molar-refractivity contribution in [1.82, 2.24) is 0 Å². The van der Waals surface area contributed by atoms with E-state index in [1.807, 2.05) is 0 Å². The number of hydrogen-bond acceptors (Lipinski definition) is 0. The van der Waals surface area contributed by atoms with E-state index in [9.17, 15) is 0 Å². The molecule has 0 saturated heterocycles. The standard InChI is InChI=1S/C26H34Br2/c1-3-4-5-6-7-8-9-10-11-12-17-26(2)24-18-20(27)13-15-22(24)23-16-14-21(28)19-25(23)26/h13-16,18-19H,3-12,17H2,1-2H3. The fourth-order valence-corrected chi connectivity index (χ4v) is 5.52. The highest BCUT2D eigenvalue weighted by Crippen LogP contribution is 2.52. The first-order chi connectivity index (χ1) is 13.6. The van der Waals surface area contributed by atoms with Gasteiger partial charge in [-0.15, -0.1) is 0 Å².